The highest BCUT2D eigenvalue weighted by molar-refractivity contribution is 7.91. The molecule has 14 heteroatoms. The van der Waals surface area contributed by atoms with E-state index >= 15 is 0 Å². The Balaban J connectivity index is 2.46. The third-order valence-electron chi connectivity index (χ3n) is 4.44. The van der Waals surface area contributed by atoms with Gasteiger partial charge in [0, 0.05) is 23.4 Å². The third kappa shape index (κ3) is 4.43. The second-order valence-corrected chi connectivity index (χ2v) is 9.45. The number of aromatic amines is 1. The number of hydrogen-bond acceptors (Lipinski definition) is 9. The van der Waals surface area contributed by atoms with Crippen LogP contribution in [0.3, 0.4) is 0 Å². The number of sulfonamides is 1. The molecule has 0 bridgehead atoms. The van der Waals surface area contributed by atoms with E-state index in [1.54, 1.807) is 24.3 Å². The van der Waals surface area contributed by atoms with Crippen LogP contribution in [0.5, 0.6) is 0 Å². The van der Waals surface area contributed by atoms with Gasteiger partial charge in [-0.05, 0) is 17.7 Å². The van der Waals surface area contributed by atoms with Crippen LogP contribution in [0.2, 0.25) is 0 Å². The van der Waals surface area contributed by atoms with Crippen molar-refractivity contribution in [2.24, 2.45) is 33.3 Å². The number of H-pyrrole nitrogens is 1. The van der Waals surface area contributed by atoms with E-state index in [-0.39, 0.29) is 35.1 Å². The van der Waals surface area contributed by atoms with E-state index in [0.717, 1.165) is 0 Å². The number of primary sulfonamides is 1. The lowest BCUT2D eigenvalue weighted by Crippen LogP contribution is -2.28. The molecule has 166 valence electrons. The van der Waals surface area contributed by atoms with Crippen LogP contribution in [-0.4, -0.2) is 40.7 Å². The van der Waals surface area contributed by atoms with E-state index in [2.05, 4.69) is 15.1 Å². The van der Waals surface area contributed by atoms with Crippen molar-refractivity contribution in [1.29, 1.82) is 0 Å². The molecule has 0 aliphatic rings. The van der Waals surface area contributed by atoms with Crippen LogP contribution in [0.25, 0.3) is 22.2 Å². The van der Waals surface area contributed by atoms with Crippen molar-refractivity contribution in [2.75, 3.05) is 12.3 Å². The second kappa shape index (κ2) is 9.09. The summed E-state index contributed by atoms with van der Waals surface area (Å²) >= 11 is 0. The van der Waals surface area contributed by atoms with Crippen LogP contribution >= 0.6 is 0 Å². The first-order valence-electron chi connectivity index (χ1n) is 8.98. The number of hydrogen-bond donors (Lipinski definition) is 7. The normalized spacial score (nSPS) is 13.5. The predicted octanol–water partition coefficient (Wildman–Crippen LogP) is -1.51. The topological polar surface area (TPSA) is 234 Å². The van der Waals surface area contributed by atoms with Gasteiger partial charge in [0.2, 0.25) is 10.0 Å². The fourth-order valence-corrected chi connectivity index (χ4v) is 5.68. The fraction of sp³-hybridized carbons (Fsp3) is 0.176. The van der Waals surface area contributed by atoms with E-state index in [4.69, 9.17) is 28.2 Å². The summed E-state index contributed by atoms with van der Waals surface area (Å²) in [4.78, 5) is 7.11. The number of imidazole rings is 1. The van der Waals surface area contributed by atoms with E-state index < -0.39 is 25.7 Å². The molecule has 0 spiro atoms. The molecule has 0 saturated carbocycles. The SMILES string of the molecule is NCCS(=O)c1ccc(-c2cccc3[nH]c(CN)nc23)c(/C(N)=N/NN)c1S(N)(=O)=O. The number of hydrazone groups is 1. The summed E-state index contributed by atoms with van der Waals surface area (Å²) in [5, 5.41) is 9.25. The Labute approximate surface area is 180 Å². The maximum atomic E-state index is 12.7. The molecular weight excluding hydrogens is 442 g/mol. The number of benzene rings is 2. The van der Waals surface area contributed by atoms with Crippen molar-refractivity contribution in [3.05, 3.63) is 41.7 Å². The molecule has 2 aromatic carbocycles. The summed E-state index contributed by atoms with van der Waals surface area (Å²) < 4.78 is 37.9. The lowest BCUT2D eigenvalue weighted by molar-refractivity contribution is 0.594. The van der Waals surface area contributed by atoms with E-state index in [1.807, 2.05) is 5.53 Å². The minimum atomic E-state index is -4.39. The van der Waals surface area contributed by atoms with Gasteiger partial charge in [-0.15, -0.1) is 5.10 Å². The molecule has 0 radical (unpaired) electrons. The molecule has 12 nitrogen and oxygen atoms in total. The fourth-order valence-electron chi connectivity index (χ4n) is 3.24. The predicted molar refractivity (Wildman–Crippen MR) is 119 cm³/mol. The van der Waals surface area contributed by atoms with Gasteiger partial charge in [0.25, 0.3) is 0 Å². The summed E-state index contributed by atoms with van der Waals surface area (Å²) in [6.07, 6.45) is 0. The number of nitrogens with zero attached hydrogens (tertiary/aromatic N) is 2. The zero-order valence-corrected chi connectivity index (χ0v) is 18.0. The number of hydrazine groups is 1. The van der Waals surface area contributed by atoms with Gasteiger partial charge in [0.1, 0.15) is 10.7 Å². The average molecular weight is 466 g/mol. The van der Waals surface area contributed by atoms with E-state index in [1.165, 1.54) is 6.07 Å². The highest BCUT2D eigenvalue weighted by Gasteiger charge is 2.28. The van der Waals surface area contributed by atoms with Gasteiger partial charge in [-0.1, -0.05) is 18.2 Å². The minimum absolute atomic E-state index is 0.0290. The van der Waals surface area contributed by atoms with Gasteiger partial charge in [-0.25, -0.2) is 29.9 Å². The Hall–Kier alpha value is -2.88. The quantitative estimate of drug-likeness (QED) is 0.0884. The molecule has 1 unspecified atom stereocenters. The van der Waals surface area contributed by atoms with Crippen molar-refractivity contribution < 1.29 is 12.6 Å². The highest BCUT2D eigenvalue weighted by atomic mass is 32.2. The van der Waals surface area contributed by atoms with Gasteiger partial charge < -0.3 is 22.2 Å². The Bertz CT molecular complexity index is 1290. The summed E-state index contributed by atoms with van der Waals surface area (Å²) in [7, 11) is -6.13. The van der Waals surface area contributed by atoms with Crippen LogP contribution < -0.4 is 33.7 Å². The van der Waals surface area contributed by atoms with Gasteiger partial charge in [-0.3, -0.25) is 4.21 Å². The molecule has 0 fully saturated rings. The Kier molecular flexibility index (Phi) is 6.68. The summed E-state index contributed by atoms with van der Waals surface area (Å²) in [6, 6.07) is 8.29. The molecule has 1 heterocycles. The second-order valence-electron chi connectivity index (χ2n) is 6.41. The lowest BCUT2D eigenvalue weighted by Gasteiger charge is -2.17. The van der Waals surface area contributed by atoms with E-state index in [9.17, 15) is 12.6 Å². The van der Waals surface area contributed by atoms with Crippen LogP contribution in [0, 0.1) is 0 Å². The number of amidine groups is 1. The molecule has 0 amide bonds. The molecule has 3 rings (SSSR count). The summed E-state index contributed by atoms with van der Waals surface area (Å²) in [5.41, 5.74) is 21.4. The Morgan fingerprint density at radius 1 is 1.19 bits per heavy atom. The molecule has 1 aromatic heterocycles. The van der Waals surface area contributed by atoms with Gasteiger partial charge in [0.05, 0.1) is 33.3 Å². The van der Waals surface area contributed by atoms with Crippen molar-refractivity contribution in [3.63, 3.8) is 0 Å². The number of aromatic nitrogens is 2. The molecule has 12 N–H and O–H groups in total. The Morgan fingerprint density at radius 2 is 1.94 bits per heavy atom. The highest BCUT2D eigenvalue weighted by Crippen LogP contribution is 2.35. The van der Waals surface area contributed by atoms with Crippen LogP contribution in [0.4, 0.5) is 0 Å². The smallest absolute Gasteiger partial charge is 0.240 e. The maximum Gasteiger partial charge on any atom is 0.240 e. The van der Waals surface area contributed by atoms with Crippen molar-refractivity contribution in [3.8, 4) is 11.1 Å². The first kappa shape index (κ1) is 22.8. The minimum Gasteiger partial charge on any atom is -0.382 e. The van der Waals surface area contributed by atoms with Crippen LogP contribution in [0.15, 0.2) is 45.2 Å². The number of rotatable bonds is 8. The largest absolute Gasteiger partial charge is 0.382 e. The van der Waals surface area contributed by atoms with Crippen LogP contribution in [-0.2, 0) is 27.4 Å². The standard InChI is InChI=1S/C17H23N9O3S2/c18-6-7-30(27)12-5-4-9(14(17(20)25-26-21)16(12)31(22,28)29)10-2-1-3-11-15(10)24-13(8-19)23-11/h1-5,26H,6-8,18-19,21H2,(H2,20,25)(H,23,24)(H2,22,28,29). The number of fused-ring (bicyclic) bond motifs is 1. The summed E-state index contributed by atoms with van der Waals surface area (Å²) in [6.45, 7) is 0.261. The molecule has 0 saturated heterocycles. The van der Waals surface area contributed by atoms with Gasteiger partial charge in [-0.2, -0.15) is 0 Å². The van der Waals surface area contributed by atoms with E-state index in [0.29, 0.717) is 28.0 Å². The monoisotopic (exact) mass is 465 g/mol. The molecule has 0 aliphatic heterocycles. The number of para-hydroxylation sites is 1. The maximum absolute atomic E-state index is 12.7. The van der Waals surface area contributed by atoms with Gasteiger partial charge >= 0.3 is 0 Å². The molecular formula is C17H23N9O3S2. The molecule has 1 atom stereocenters. The van der Waals surface area contributed by atoms with Gasteiger partial charge in [0.15, 0.2) is 5.84 Å². The summed E-state index contributed by atoms with van der Waals surface area (Å²) in [5.74, 6) is 5.58. The average Bonchev–Trinajstić information content (AvgIpc) is 3.16. The van der Waals surface area contributed by atoms with Crippen molar-refractivity contribution in [2.45, 2.75) is 16.3 Å². The number of nitrogens with two attached hydrogens (primary N) is 5. The van der Waals surface area contributed by atoms with Crippen molar-refractivity contribution in [1.82, 2.24) is 15.5 Å². The molecule has 31 heavy (non-hydrogen) atoms. The van der Waals surface area contributed by atoms with Crippen molar-refractivity contribution >= 4 is 37.7 Å². The zero-order valence-electron chi connectivity index (χ0n) is 16.3. The lowest BCUT2D eigenvalue weighted by atomic mass is 9.97. The number of nitrogens with one attached hydrogen (secondary N) is 2. The zero-order chi connectivity index (χ0) is 22.8. The van der Waals surface area contributed by atoms with Crippen LogP contribution in [0.1, 0.15) is 11.4 Å². The molecule has 3 aromatic rings. The Morgan fingerprint density at radius 3 is 2.55 bits per heavy atom. The third-order valence-corrected chi connectivity index (χ3v) is 7.00. The first-order chi connectivity index (χ1) is 14.7. The first-order valence-corrected chi connectivity index (χ1v) is 11.8. The molecule has 0 aliphatic carbocycles.